The third-order valence-corrected chi connectivity index (χ3v) is 2.19. The minimum absolute atomic E-state index is 0.165. The zero-order valence-corrected chi connectivity index (χ0v) is 8.49. The van der Waals surface area contributed by atoms with E-state index in [0.717, 1.165) is 17.5 Å². The van der Waals surface area contributed by atoms with E-state index >= 15 is 0 Å². The van der Waals surface area contributed by atoms with E-state index in [-0.39, 0.29) is 12.4 Å². The van der Waals surface area contributed by atoms with Crippen LogP contribution in [0, 0.1) is 6.92 Å². The fourth-order valence-corrected chi connectivity index (χ4v) is 1.28. The first-order valence-corrected chi connectivity index (χ1v) is 4.95. The van der Waals surface area contributed by atoms with Gasteiger partial charge in [-0.1, -0.05) is 29.8 Å². The van der Waals surface area contributed by atoms with Crippen LogP contribution < -0.4 is 0 Å². The number of aliphatic hydroxyl groups excluding tert-OH is 1. The predicted octanol–water partition coefficient (Wildman–Crippen LogP) is 2.34. The van der Waals surface area contributed by atoms with Crippen molar-refractivity contribution < 1.29 is 9.90 Å². The Bertz CT molecular complexity index is 288. The van der Waals surface area contributed by atoms with Crippen molar-refractivity contribution in [3.8, 4) is 0 Å². The third-order valence-electron chi connectivity index (χ3n) is 2.19. The molecule has 0 amide bonds. The van der Waals surface area contributed by atoms with Gasteiger partial charge in [-0.2, -0.15) is 0 Å². The van der Waals surface area contributed by atoms with E-state index in [0.29, 0.717) is 12.8 Å². The van der Waals surface area contributed by atoms with Crippen molar-refractivity contribution in [3.05, 3.63) is 35.4 Å². The molecular formula is C12H16O2. The van der Waals surface area contributed by atoms with Crippen molar-refractivity contribution in [2.24, 2.45) is 0 Å². The summed E-state index contributed by atoms with van der Waals surface area (Å²) in [4.78, 5) is 11.5. The van der Waals surface area contributed by atoms with Crippen molar-refractivity contribution in [3.63, 3.8) is 0 Å². The smallest absolute Gasteiger partial charge is 0.162 e. The number of aryl methyl sites for hydroxylation is 1. The van der Waals surface area contributed by atoms with E-state index in [1.54, 1.807) is 0 Å². The minimum Gasteiger partial charge on any atom is -0.396 e. The van der Waals surface area contributed by atoms with Crippen LogP contribution in [0.4, 0.5) is 0 Å². The van der Waals surface area contributed by atoms with Gasteiger partial charge in [-0.25, -0.2) is 0 Å². The summed E-state index contributed by atoms with van der Waals surface area (Å²) < 4.78 is 0. The highest BCUT2D eigenvalue weighted by Gasteiger charge is 2.03. The molecule has 0 heterocycles. The molecule has 0 spiro atoms. The van der Waals surface area contributed by atoms with Gasteiger partial charge in [0.05, 0.1) is 0 Å². The molecule has 1 rings (SSSR count). The van der Waals surface area contributed by atoms with Crippen molar-refractivity contribution >= 4 is 5.78 Å². The van der Waals surface area contributed by atoms with Crippen molar-refractivity contribution in [1.29, 1.82) is 0 Å². The van der Waals surface area contributed by atoms with Gasteiger partial charge >= 0.3 is 0 Å². The maximum atomic E-state index is 11.5. The Hall–Kier alpha value is -1.15. The van der Waals surface area contributed by atoms with Crippen LogP contribution in [-0.2, 0) is 0 Å². The highest BCUT2D eigenvalue weighted by molar-refractivity contribution is 5.96. The van der Waals surface area contributed by atoms with Gasteiger partial charge in [0, 0.05) is 18.6 Å². The Kier molecular flexibility index (Phi) is 4.33. The topological polar surface area (TPSA) is 37.3 Å². The van der Waals surface area contributed by atoms with Crippen LogP contribution in [0.25, 0.3) is 0 Å². The predicted molar refractivity (Wildman–Crippen MR) is 56.4 cm³/mol. The molecule has 0 atom stereocenters. The van der Waals surface area contributed by atoms with E-state index < -0.39 is 0 Å². The average molecular weight is 192 g/mol. The lowest BCUT2D eigenvalue weighted by molar-refractivity contribution is 0.0977. The standard InChI is InChI=1S/C12H16O2/c1-10-5-7-11(8-6-10)12(14)4-2-3-9-13/h5-8,13H,2-4,9H2,1H3. The molecule has 0 aliphatic heterocycles. The average Bonchev–Trinajstić information content (AvgIpc) is 2.19. The van der Waals surface area contributed by atoms with Gasteiger partial charge in [-0.3, -0.25) is 4.79 Å². The molecule has 0 fully saturated rings. The minimum atomic E-state index is 0.165. The number of carbonyl (C=O) groups is 1. The van der Waals surface area contributed by atoms with Crippen LogP contribution in [0.5, 0.6) is 0 Å². The van der Waals surface area contributed by atoms with Crippen molar-refractivity contribution in [1.82, 2.24) is 0 Å². The van der Waals surface area contributed by atoms with Crippen LogP contribution in [0.15, 0.2) is 24.3 Å². The molecule has 0 saturated heterocycles. The Balaban J connectivity index is 2.48. The molecule has 0 unspecified atom stereocenters. The van der Waals surface area contributed by atoms with Crippen LogP contribution in [0.2, 0.25) is 0 Å². The molecule has 0 bridgehead atoms. The second-order valence-electron chi connectivity index (χ2n) is 3.47. The highest BCUT2D eigenvalue weighted by Crippen LogP contribution is 2.08. The summed E-state index contributed by atoms with van der Waals surface area (Å²) in [7, 11) is 0. The second-order valence-corrected chi connectivity index (χ2v) is 3.47. The zero-order valence-electron chi connectivity index (χ0n) is 8.49. The molecule has 14 heavy (non-hydrogen) atoms. The third kappa shape index (κ3) is 3.30. The summed E-state index contributed by atoms with van der Waals surface area (Å²) >= 11 is 0. The number of aliphatic hydroxyl groups is 1. The second kappa shape index (κ2) is 5.55. The van der Waals surface area contributed by atoms with Gasteiger partial charge in [-0.05, 0) is 19.8 Å². The van der Waals surface area contributed by atoms with Crippen LogP contribution in [-0.4, -0.2) is 17.5 Å². The molecule has 0 radical (unpaired) electrons. The number of Topliss-reactive ketones (excluding diaryl/α,β-unsaturated/α-hetero) is 1. The molecule has 0 aliphatic rings. The lowest BCUT2D eigenvalue weighted by Crippen LogP contribution is -1.99. The van der Waals surface area contributed by atoms with E-state index in [4.69, 9.17) is 5.11 Å². The Morgan fingerprint density at radius 1 is 1.21 bits per heavy atom. The molecule has 0 aliphatic carbocycles. The number of unbranched alkanes of at least 4 members (excludes halogenated alkanes) is 1. The summed E-state index contributed by atoms with van der Waals surface area (Å²) in [5, 5.41) is 8.57. The van der Waals surface area contributed by atoms with Gasteiger partial charge in [0.2, 0.25) is 0 Å². The molecule has 2 heteroatoms. The molecule has 76 valence electrons. The van der Waals surface area contributed by atoms with Gasteiger partial charge in [-0.15, -0.1) is 0 Å². The fourth-order valence-electron chi connectivity index (χ4n) is 1.28. The number of carbonyl (C=O) groups excluding carboxylic acids is 1. The summed E-state index contributed by atoms with van der Waals surface area (Å²) in [6, 6.07) is 7.60. The number of benzene rings is 1. The van der Waals surface area contributed by atoms with Gasteiger partial charge in [0.1, 0.15) is 0 Å². The SMILES string of the molecule is Cc1ccc(C(=O)CCCCO)cc1. The van der Waals surface area contributed by atoms with Crippen molar-refractivity contribution in [2.45, 2.75) is 26.2 Å². The summed E-state index contributed by atoms with van der Waals surface area (Å²) in [5.41, 5.74) is 1.94. The first-order chi connectivity index (χ1) is 6.74. The normalized spacial score (nSPS) is 10.1. The summed E-state index contributed by atoms with van der Waals surface area (Å²) in [6.07, 6.45) is 2.00. The first kappa shape index (κ1) is 10.9. The maximum absolute atomic E-state index is 11.5. The Morgan fingerprint density at radius 3 is 2.43 bits per heavy atom. The lowest BCUT2D eigenvalue weighted by Gasteiger charge is -2.00. The van der Waals surface area contributed by atoms with Gasteiger partial charge in [0.25, 0.3) is 0 Å². The zero-order chi connectivity index (χ0) is 10.4. The molecule has 2 nitrogen and oxygen atoms in total. The summed E-state index contributed by atoms with van der Waals surface area (Å²) in [6.45, 7) is 2.17. The molecule has 1 aromatic carbocycles. The molecule has 0 saturated carbocycles. The summed E-state index contributed by atoms with van der Waals surface area (Å²) in [5.74, 6) is 0.165. The van der Waals surface area contributed by atoms with Gasteiger partial charge < -0.3 is 5.11 Å². The van der Waals surface area contributed by atoms with Crippen LogP contribution in [0.1, 0.15) is 35.2 Å². The monoisotopic (exact) mass is 192 g/mol. The largest absolute Gasteiger partial charge is 0.396 e. The maximum Gasteiger partial charge on any atom is 0.162 e. The first-order valence-electron chi connectivity index (χ1n) is 4.95. The number of ketones is 1. The van der Waals surface area contributed by atoms with Crippen LogP contribution >= 0.6 is 0 Å². The van der Waals surface area contributed by atoms with Crippen molar-refractivity contribution in [2.75, 3.05) is 6.61 Å². The quantitative estimate of drug-likeness (QED) is 0.574. The Morgan fingerprint density at radius 2 is 1.86 bits per heavy atom. The van der Waals surface area contributed by atoms with E-state index in [2.05, 4.69) is 0 Å². The van der Waals surface area contributed by atoms with Gasteiger partial charge in [0.15, 0.2) is 5.78 Å². The highest BCUT2D eigenvalue weighted by atomic mass is 16.2. The molecule has 0 aromatic heterocycles. The lowest BCUT2D eigenvalue weighted by atomic mass is 10.0. The van der Waals surface area contributed by atoms with E-state index in [1.807, 2.05) is 31.2 Å². The van der Waals surface area contributed by atoms with Crippen LogP contribution in [0.3, 0.4) is 0 Å². The van der Waals surface area contributed by atoms with E-state index in [1.165, 1.54) is 0 Å². The van der Waals surface area contributed by atoms with E-state index in [9.17, 15) is 4.79 Å². The number of hydrogen-bond donors (Lipinski definition) is 1. The number of hydrogen-bond acceptors (Lipinski definition) is 2. The molecule has 1 aromatic rings. The number of rotatable bonds is 5. The molecular weight excluding hydrogens is 176 g/mol. The fraction of sp³-hybridized carbons (Fsp3) is 0.417. The molecule has 1 N–H and O–H groups in total. The Labute approximate surface area is 84.6 Å².